The van der Waals surface area contributed by atoms with Gasteiger partial charge in [-0.2, -0.15) is 0 Å². The van der Waals surface area contributed by atoms with Crippen molar-refractivity contribution >= 4 is 5.69 Å². The molecular weight excluding hydrogens is 148 g/mol. The Hall–Kier alpha value is -1.44. The summed E-state index contributed by atoms with van der Waals surface area (Å²) in [5.41, 5.74) is 1.12. The summed E-state index contributed by atoms with van der Waals surface area (Å²) < 4.78 is 1.91. The van der Waals surface area contributed by atoms with Crippen molar-refractivity contribution < 1.29 is 4.70 Å². The van der Waals surface area contributed by atoms with E-state index in [1.54, 1.807) is 0 Å². The van der Waals surface area contributed by atoms with Gasteiger partial charge in [-0.25, -0.2) is 0 Å². The van der Waals surface area contributed by atoms with Gasteiger partial charge in [0.2, 0.25) is 11.9 Å². The normalized spacial score (nSPS) is 21.1. The maximum atomic E-state index is 4.38. The van der Waals surface area contributed by atoms with Crippen LogP contribution in [0.1, 0.15) is 6.92 Å². The van der Waals surface area contributed by atoms with Crippen LogP contribution in [0.2, 0.25) is 0 Å². The lowest BCUT2D eigenvalue weighted by molar-refractivity contribution is -0.435. The monoisotopic (exact) mass is 159 g/mol. The average Bonchev–Trinajstić information content (AvgIpc) is 2.54. The highest BCUT2D eigenvalue weighted by Gasteiger charge is 2.15. The van der Waals surface area contributed by atoms with Gasteiger partial charge in [0.05, 0.1) is 0 Å². The molecule has 1 aromatic rings. The molecule has 1 aliphatic heterocycles. The average molecular weight is 159 g/mol. The van der Waals surface area contributed by atoms with E-state index in [1.165, 1.54) is 0 Å². The van der Waals surface area contributed by atoms with Crippen molar-refractivity contribution in [3.63, 3.8) is 0 Å². The summed E-state index contributed by atoms with van der Waals surface area (Å²) in [5.74, 6) is 0. The fraction of sp³-hybridized carbons (Fsp3) is 0.200. The molecule has 0 amide bonds. The fourth-order valence-corrected chi connectivity index (χ4v) is 1.21. The molecule has 0 aliphatic carbocycles. The first-order chi connectivity index (χ1) is 5.86. The van der Waals surface area contributed by atoms with Crippen LogP contribution >= 0.6 is 0 Å². The SMILES string of the molecule is CC1C=C[N+](c2ccccc2)=N1. The molecule has 1 heterocycles. The summed E-state index contributed by atoms with van der Waals surface area (Å²) in [7, 11) is 0. The van der Waals surface area contributed by atoms with Gasteiger partial charge in [-0.15, -0.1) is 0 Å². The Kier molecular flexibility index (Phi) is 1.74. The molecule has 2 rings (SSSR count). The molecule has 0 spiro atoms. The number of nitrogens with zero attached hydrogens (tertiary/aromatic N) is 2. The maximum Gasteiger partial charge on any atom is 0.237 e. The smallest absolute Gasteiger partial charge is 0.0618 e. The van der Waals surface area contributed by atoms with E-state index in [0.29, 0.717) is 6.04 Å². The summed E-state index contributed by atoms with van der Waals surface area (Å²) in [6, 6.07) is 10.4. The molecule has 0 N–H and O–H groups in total. The zero-order chi connectivity index (χ0) is 8.39. The lowest BCUT2D eigenvalue weighted by Gasteiger charge is -1.88. The molecule has 2 heteroatoms. The van der Waals surface area contributed by atoms with Crippen LogP contribution in [0.4, 0.5) is 5.69 Å². The van der Waals surface area contributed by atoms with Crippen molar-refractivity contribution in [2.75, 3.05) is 0 Å². The molecule has 0 saturated carbocycles. The fourth-order valence-electron chi connectivity index (χ4n) is 1.21. The van der Waals surface area contributed by atoms with Crippen molar-refractivity contribution in [2.24, 2.45) is 5.11 Å². The topological polar surface area (TPSA) is 15.4 Å². The van der Waals surface area contributed by atoms with Gasteiger partial charge in [-0.05, 0) is 12.0 Å². The predicted octanol–water partition coefficient (Wildman–Crippen LogP) is 2.70. The largest absolute Gasteiger partial charge is 0.237 e. The van der Waals surface area contributed by atoms with Gasteiger partial charge >= 0.3 is 0 Å². The van der Waals surface area contributed by atoms with Gasteiger partial charge in [0.25, 0.3) is 0 Å². The third-order valence-corrected chi connectivity index (χ3v) is 1.83. The molecule has 0 radical (unpaired) electrons. The third-order valence-electron chi connectivity index (χ3n) is 1.83. The van der Waals surface area contributed by atoms with Crippen molar-refractivity contribution in [3.05, 3.63) is 42.6 Å². The van der Waals surface area contributed by atoms with Crippen LogP contribution in [0.25, 0.3) is 0 Å². The Balaban J connectivity index is 2.34. The Morgan fingerprint density at radius 1 is 1.25 bits per heavy atom. The van der Waals surface area contributed by atoms with Gasteiger partial charge in [0.1, 0.15) is 6.04 Å². The van der Waals surface area contributed by atoms with E-state index in [0.717, 1.165) is 5.69 Å². The predicted molar refractivity (Wildman–Crippen MR) is 47.4 cm³/mol. The highest BCUT2D eigenvalue weighted by atomic mass is 15.3. The quantitative estimate of drug-likeness (QED) is 0.560. The number of hydrogen-bond donors (Lipinski definition) is 0. The standard InChI is InChI=1S/C10H11N2/c1-9-7-8-12(11-9)10-5-3-2-4-6-10/h2-9H,1H3/q+1. The Morgan fingerprint density at radius 2 is 2.00 bits per heavy atom. The van der Waals surface area contributed by atoms with Gasteiger partial charge in [-0.1, -0.05) is 22.9 Å². The molecular formula is C10H11N2+. The molecule has 60 valence electrons. The number of rotatable bonds is 1. The highest BCUT2D eigenvalue weighted by Crippen LogP contribution is 2.16. The number of azo groups is 2. The van der Waals surface area contributed by atoms with E-state index >= 15 is 0 Å². The molecule has 12 heavy (non-hydrogen) atoms. The van der Waals surface area contributed by atoms with Crippen molar-refractivity contribution in [2.45, 2.75) is 13.0 Å². The summed E-state index contributed by atoms with van der Waals surface area (Å²) in [5, 5.41) is 4.38. The lowest BCUT2D eigenvalue weighted by Crippen LogP contribution is -1.90. The third kappa shape index (κ3) is 1.28. The van der Waals surface area contributed by atoms with Crippen LogP contribution in [-0.4, -0.2) is 10.7 Å². The zero-order valence-electron chi connectivity index (χ0n) is 7.01. The summed E-state index contributed by atoms with van der Waals surface area (Å²) >= 11 is 0. The molecule has 1 aliphatic rings. The Bertz CT molecular complexity index is 325. The summed E-state index contributed by atoms with van der Waals surface area (Å²) in [6.45, 7) is 2.07. The van der Waals surface area contributed by atoms with Gasteiger partial charge in [0, 0.05) is 18.2 Å². The van der Waals surface area contributed by atoms with Crippen LogP contribution in [-0.2, 0) is 0 Å². The molecule has 0 bridgehead atoms. The Morgan fingerprint density at radius 3 is 2.58 bits per heavy atom. The summed E-state index contributed by atoms with van der Waals surface area (Å²) in [6.07, 6.45) is 4.08. The van der Waals surface area contributed by atoms with Crippen molar-refractivity contribution in [3.8, 4) is 0 Å². The second kappa shape index (κ2) is 2.89. The van der Waals surface area contributed by atoms with E-state index in [4.69, 9.17) is 0 Å². The van der Waals surface area contributed by atoms with E-state index < -0.39 is 0 Å². The van der Waals surface area contributed by atoms with Crippen molar-refractivity contribution in [1.29, 1.82) is 0 Å². The first kappa shape index (κ1) is 7.22. The van der Waals surface area contributed by atoms with Crippen LogP contribution in [0.3, 0.4) is 0 Å². The molecule has 0 aromatic heterocycles. The molecule has 1 aromatic carbocycles. The minimum atomic E-state index is 0.310. The minimum absolute atomic E-state index is 0.310. The lowest BCUT2D eigenvalue weighted by atomic mass is 10.3. The van der Waals surface area contributed by atoms with Gasteiger partial charge < -0.3 is 0 Å². The molecule has 0 saturated heterocycles. The molecule has 1 atom stereocenters. The van der Waals surface area contributed by atoms with Crippen LogP contribution in [0, 0.1) is 0 Å². The van der Waals surface area contributed by atoms with Crippen LogP contribution in [0.15, 0.2) is 47.7 Å². The van der Waals surface area contributed by atoms with E-state index in [2.05, 4.69) is 18.1 Å². The van der Waals surface area contributed by atoms with Crippen LogP contribution < -0.4 is 0 Å². The van der Waals surface area contributed by atoms with Gasteiger partial charge in [0.15, 0.2) is 0 Å². The first-order valence-electron chi connectivity index (χ1n) is 4.09. The van der Waals surface area contributed by atoms with E-state index in [9.17, 15) is 0 Å². The molecule has 1 unspecified atom stereocenters. The number of hydrogen-bond acceptors (Lipinski definition) is 1. The zero-order valence-corrected chi connectivity index (χ0v) is 7.01. The number of benzene rings is 1. The first-order valence-corrected chi connectivity index (χ1v) is 4.09. The second-order valence-corrected chi connectivity index (χ2v) is 2.88. The van der Waals surface area contributed by atoms with Crippen LogP contribution in [0.5, 0.6) is 0 Å². The summed E-state index contributed by atoms with van der Waals surface area (Å²) in [4.78, 5) is 0. The highest BCUT2D eigenvalue weighted by molar-refractivity contribution is 5.28. The molecule has 0 fully saturated rings. The molecule has 2 nitrogen and oxygen atoms in total. The minimum Gasteiger partial charge on any atom is -0.0618 e. The van der Waals surface area contributed by atoms with Crippen molar-refractivity contribution in [1.82, 2.24) is 0 Å². The van der Waals surface area contributed by atoms with E-state index in [-0.39, 0.29) is 0 Å². The maximum absolute atomic E-state index is 4.38. The number of para-hydroxylation sites is 1. The Labute approximate surface area is 71.9 Å². The second-order valence-electron chi connectivity index (χ2n) is 2.88. The van der Waals surface area contributed by atoms with E-state index in [1.807, 2.05) is 41.2 Å². The van der Waals surface area contributed by atoms with Gasteiger partial charge in [-0.3, -0.25) is 0 Å².